The van der Waals surface area contributed by atoms with Gasteiger partial charge in [0.05, 0.1) is 19.3 Å². The quantitative estimate of drug-likeness (QED) is 0.818. The first kappa shape index (κ1) is 14.3. The maximum atomic E-state index is 11.9. The van der Waals surface area contributed by atoms with Crippen LogP contribution in [0.1, 0.15) is 5.56 Å². The molecule has 0 spiro atoms. The Kier molecular flexibility index (Phi) is 4.10. The van der Waals surface area contributed by atoms with E-state index in [1.807, 2.05) is 31.2 Å². The highest BCUT2D eigenvalue weighted by atomic mass is 16.6. The molecule has 1 aromatic rings. The molecule has 114 valence electrons. The summed E-state index contributed by atoms with van der Waals surface area (Å²) in [5.41, 5.74) is 1.08. The number of carbonyl (C=O) groups excluding carboxylic acids is 1. The standard InChI is InChI=1S/C15H19NO5/c1-9-3-2-4-10(5-9)19-8-13(18)16-11-6-20-15-12(17)7-21-14(11)15/h2-5,11-12,14-15,17H,6-8H2,1H3,(H,16,18)/t11-,12+,14+,15+/m0/s1. The largest absolute Gasteiger partial charge is 0.484 e. The third kappa shape index (κ3) is 3.18. The SMILES string of the molecule is Cc1cccc(OCC(=O)N[C@H]2CO[C@H]3[C@@H]2OC[C@H]3O)c1. The number of fused-ring (bicyclic) bond motifs is 1. The van der Waals surface area contributed by atoms with Gasteiger partial charge >= 0.3 is 0 Å². The smallest absolute Gasteiger partial charge is 0.258 e. The molecule has 21 heavy (non-hydrogen) atoms. The molecule has 6 heteroatoms. The minimum atomic E-state index is -0.611. The van der Waals surface area contributed by atoms with Crippen molar-refractivity contribution in [3.63, 3.8) is 0 Å². The molecule has 3 rings (SSSR count). The normalized spacial score (nSPS) is 31.0. The lowest BCUT2D eigenvalue weighted by Gasteiger charge is -2.17. The predicted octanol–water partition coefficient (Wildman–Crippen LogP) is 0.0171. The third-order valence-corrected chi connectivity index (χ3v) is 3.73. The molecule has 0 unspecified atom stereocenters. The van der Waals surface area contributed by atoms with E-state index in [9.17, 15) is 9.90 Å². The average molecular weight is 293 g/mol. The minimum absolute atomic E-state index is 0.0557. The number of hydrogen-bond acceptors (Lipinski definition) is 5. The lowest BCUT2D eigenvalue weighted by atomic mass is 10.1. The molecule has 2 aliphatic rings. The van der Waals surface area contributed by atoms with Crippen molar-refractivity contribution in [2.45, 2.75) is 31.3 Å². The number of benzene rings is 1. The molecule has 1 amide bonds. The summed E-state index contributed by atoms with van der Waals surface area (Å²) in [6, 6.07) is 7.29. The van der Waals surface area contributed by atoms with Crippen LogP contribution in [0.3, 0.4) is 0 Å². The van der Waals surface area contributed by atoms with Gasteiger partial charge < -0.3 is 24.6 Å². The van der Waals surface area contributed by atoms with Gasteiger partial charge in [0.1, 0.15) is 24.1 Å². The molecular formula is C15H19NO5. The van der Waals surface area contributed by atoms with Gasteiger partial charge in [-0.1, -0.05) is 12.1 Å². The second-order valence-corrected chi connectivity index (χ2v) is 5.44. The van der Waals surface area contributed by atoms with Crippen LogP contribution < -0.4 is 10.1 Å². The monoisotopic (exact) mass is 293 g/mol. The van der Waals surface area contributed by atoms with Crippen LogP contribution >= 0.6 is 0 Å². The van der Waals surface area contributed by atoms with Gasteiger partial charge in [-0.05, 0) is 24.6 Å². The number of aryl methyl sites for hydroxylation is 1. The van der Waals surface area contributed by atoms with E-state index in [1.165, 1.54) is 0 Å². The number of carbonyl (C=O) groups is 1. The van der Waals surface area contributed by atoms with E-state index in [1.54, 1.807) is 0 Å². The van der Waals surface area contributed by atoms with Crippen LogP contribution in [-0.2, 0) is 14.3 Å². The van der Waals surface area contributed by atoms with Crippen LogP contribution in [0.2, 0.25) is 0 Å². The highest BCUT2D eigenvalue weighted by Crippen LogP contribution is 2.26. The molecule has 0 aromatic heterocycles. The Hall–Kier alpha value is -1.63. The Morgan fingerprint density at radius 1 is 1.38 bits per heavy atom. The number of nitrogens with one attached hydrogen (secondary N) is 1. The van der Waals surface area contributed by atoms with Crippen LogP contribution in [0.25, 0.3) is 0 Å². The fourth-order valence-corrected chi connectivity index (χ4v) is 2.71. The molecule has 1 aromatic carbocycles. The minimum Gasteiger partial charge on any atom is -0.484 e. The molecule has 2 fully saturated rings. The molecule has 2 aliphatic heterocycles. The molecule has 0 saturated carbocycles. The van der Waals surface area contributed by atoms with Gasteiger partial charge in [-0.3, -0.25) is 4.79 Å². The van der Waals surface area contributed by atoms with Gasteiger partial charge in [0.2, 0.25) is 0 Å². The Balaban J connectivity index is 1.49. The maximum Gasteiger partial charge on any atom is 0.258 e. The molecule has 0 aliphatic carbocycles. The lowest BCUT2D eigenvalue weighted by Crippen LogP contribution is -2.45. The molecule has 2 heterocycles. The van der Waals surface area contributed by atoms with Gasteiger partial charge in [0.25, 0.3) is 5.91 Å². The van der Waals surface area contributed by atoms with Gasteiger partial charge in [0, 0.05) is 0 Å². The van der Waals surface area contributed by atoms with Crippen molar-refractivity contribution in [2.24, 2.45) is 0 Å². The summed E-state index contributed by atoms with van der Waals surface area (Å²) in [6.07, 6.45) is -1.23. The summed E-state index contributed by atoms with van der Waals surface area (Å²) in [6.45, 7) is 2.51. The molecule has 4 atom stereocenters. The van der Waals surface area contributed by atoms with Crippen molar-refractivity contribution in [1.29, 1.82) is 0 Å². The van der Waals surface area contributed by atoms with E-state index < -0.39 is 6.10 Å². The van der Waals surface area contributed by atoms with E-state index in [0.29, 0.717) is 12.4 Å². The van der Waals surface area contributed by atoms with Crippen LogP contribution in [0.5, 0.6) is 5.75 Å². The Morgan fingerprint density at radius 2 is 2.19 bits per heavy atom. The summed E-state index contributed by atoms with van der Waals surface area (Å²) >= 11 is 0. The zero-order valence-corrected chi connectivity index (χ0v) is 11.8. The summed E-state index contributed by atoms with van der Waals surface area (Å²) < 4.78 is 16.3. The first-order valence-corrected chi connectivity index (χ1v) is 7.03. The highest BCUT2D eigenvalue weighted by Gasteiger charge is 2.47. The highest BCUT2D eigenvalue weighted by molar-refractivity contribution is 5.78. The first-order chi connectivity index (χ1) is 10.1. The molecule has 2 saturated heterocycles. The van der Waals surface area contributed by atoms with Crippen LogP contribution in [0, 0.1) is 6.92 Å². The summed E-state index contributed by atoms with van der Waals surface area (Å²) in [5.74, 6) is 0.439. The van der Waals surface area contributed by atoms with Crippen molar-refractivity contribution in [1.82, 2.24) is 5.32 Å². The first-order valence-electron chi connectivity index (χ1n) is 7.03. The Bertz CT molecular complexity index is 521. The summed E-state index contributed by atoms with van der Waals surface area (Å²) in [5, 5.41) is 12.5. The molecule has 6 nitrogen and oxygen atoms in total. The van der Waals surface area contributed by atoms with Crippen LogP contribution in [-0.4, -0.2) is 55.2 Å². The van der Waals surface area contributed by atoms with E-state index in [2.05, 4.69) is 5.32 Å². The van der Waals surface area contributed by atoms with E-state index >= 15 is 0 Å². The second kappa shape index (κ2) is 6.01. The number of aliphatic hydroxyl groups is 1. The number of amides is 1. The van der Waals surface area contributed by atoms with E-state index in [4.69, 9.17) is 14.2 Å². The zero-order valence-electron chi connectivity index (χ0n) is 11.8. The Morgan fingerprint density at radius 3 is 3.00 bits per heavy atom. The molecule has 2 N–H and O–H groups in total. The summed E-state index contributed by atoms with van der Waals surface area (Å²) in [4.78, 5) is 11.9. The van der Waals surface area contributed by atoms with Crippen molar-refractivity contribution < 1.29 is 24.1 Å². The lowest BCUT2D eigenvalue weighted by molar-refractivity contribution is -0.124. The number of ether oxygens (including phenoxy) is 3. The molecule has 0 bridgehead atoms. The van der Waals surface area contributed by atoms with Crippen molar-refractivity contribution in [3.05, 3.63) is 29.8 Å². The second-order valence-electron chi connectivity index (χ2n) is 5.44. The van der Waals surface area contributed by atoms with Gasteiger partial charge in [-0.25, -0.2) is 0 Å². The maximum absolute atomic E-state index is 11.9. The van der Waals surface area contributed by atoms with E-state index in [0.717, 1.165) is 5.56 Å². The topological polar surface area (TPSA) is 77.0 Å². The average Bonchev–Trinajstić information content (AvgIpc) is 3.01. The van der Waals surface area contributed by atoms with Crippen LogP contribution in [0.4, 0.5) is 0 Å². The van der Waals surface area contributed by atoms with Gasteiger partial charge in [0.15, 0.2) is 6.61 Å². The number of aliphatic hydroxyl groups excluding tert-OH is 1. The number of hydrogen-bond donors (Lipinski definition) is 2. The van der Waals surface area contributed by atoms with Crippen LogP contribution in [0.15, 0.2) is 24.3 Å². The van der Waals surface area contributed by atoms with Gasteiger partial charge in [-0.15, -0.1) is 0 Å². The van der Waals surface area contributed by atoms with Crippen molar-refractivity contribution >= 4 is 5.91 Å². The zero-order chi connectivity index (χ0) is 14.8. The molecule has 0 radical (unpaired) electrons. The third-order valence-electron chi connectivity index (χ3n) is 3.73. The fourth-order valence-electron chi connectivity index (χ4n) is 2.71. The number of rotatable bonds is 4. The van der Waals surface area contributed by atoms with E-state index in [-0.39, 0.29) is 37.4 Å². The van der Waals surface area contributed by atoms with Gasteiger partial charge in [-0.2, -0.15) is 0 Å². The Labute approximate surface area is 123 Å². The summed E-state index contributed by atoms with van der Waals surface area (Å²) in [7, 11) is 0. The van der Waals surface area contributed by atoms with Crippen molar-refractivity contribution in [3.8, 4) is 5.75 Å². The van der Waals surface area contributed by atoms with Crippen molar-refractivity contribution in [2.75, 3.05) is 19.8 Å². The molecular weight excluding hydrogens is 274 g/mol. The fraction of sp³-hybridized carbons (Fsp3) is 0.533. The predicted molar refractivity (Wildman–Crippen MR) is 74.1 cm³/mol.